The van der Waals surface area contributed by atoms with Crippen LogP contribution in [0.25, 0.3) is 11.7 Å². The van der Waals surface area contributed by atoms with Gasteiger partial charge in [-0.3, -0.25) is 14.3 Å². The summed E-state index contributed by atoms with van der Waals surface area (Å²) in [7, 11) is 0. The van der Waals surface area contributed by atoms with Gasteiger partial charge in [-0.15, -0.1) is 13.2 Å². The molecule has 2 fully saturated rings. The lowest BCUT2D eigenvalue weighted by Crippen LogP contribution is -2.46. The maximum Gasteiger partial charge on any atom is 0.522 e. The van der Waals surface area contributed by atoms with E-state index in [0.717, 1.165) is 17.4 Å². The number of hydrogen-bond donors (Lipinski definition) is 3. The molecule has 1 aliphatic carbocycles. The second-order valence-electron chi connectivity index (χ2n) is 9.57. The first-order valence-corrected chi connectivity index (χ1v) is 11.9. The Labute approximate surface area is 204 Å². The summed E-state index contributed by atoms with van der Waals surface area (Å²) < 4.78 is 43.9. The zero-order valence-electron chi connectivity index (χ0n) is 20.0. The number of halogens is 3. The van der Waals surface area contributed by atoms with E-state index < -0.39 is 35.7 Å². The van der Waals surface area contributed by atoms with E-state index in [4.69, 9.17) is 0 Å². The molecule has 1 aliphatic heterocycles. The Kier molecular flexibility index (Phi) is 7.12. The fraction of sp³-hybridized carbons (Fsp3) is 0.565. The number of carbonyl (C=O) groups is 2. The monoisotopic (exact) mass is 512 g/mol. The third kappa shape index (κ3) is 5.72. The molecule has 2 aromatic rings. The highest BCUT2D eigenvalue weighted by molar-refractivity contribution is 5.96. The summed E-state index contributed by atoms with van der Waals surface area (Å²) in [5.41, 5.74) is -0.396. The van der Waals surface area contributed by atoms with Gasteiger partial charge in [0.05, 0.1) is 24.4 Å². The summed E-state index contributed by atoms with van der Waals surface area (Å²) >= 11 is 0. The molecule has 4 rings (SSSR count). The fourth-order valence-electron chi connectivity index (χ4n) is 4.26. The molecule has 3 heterocycles. The predicted octanol–water partition coefficient (Wildman–Crippen LogP) is 1.71. The van der Waals surface area contributed by atoms with Gasteiger partial charge < -0.3 is 15.3 Å². The van der Waals surface area contributed by atoms with E-state index in [-0.39, 0.29) is 49.1 Å². The number of likely N-dealkylation sites (tertiary alicyclic amines) is 1. The van der Waals surface area contributed by atoms with E-state index in [0.29, 0.717) is 12.1 Å². The van der Waals surface area contributed by atoms with Crippen LogP contribution >= 0.6 is 0 Å². The van der Waals surface area contributed by atoms with Gasteiger partial charge in [0.15, 0.2) is 0 Å². The van der Waals surface area contributed by atoms with Gasteiger partial charge in [-0.25, -0.2) is 9.89 Å². The molecule has 2 aromatic heterocycles. The fourth-order valence-corrected chi connectivity index (χ4v) is 4.26. The van der Waals surface area contributed by atoms with Gasteiger partial charge in [0.2, 0.25) is 11.5 Å². The van der Waals surface area contributed by atoms with Crippen LogP contribution in [0.4, 0.5) is 13.2 Å². The second-order valence-corrected chi connectivity index (χ2v) is 9.57. The zero-order valence-corrected chi connectivity index (χ0v) is 20.0. The number of nitrogens with one attached hydrogen (secondary N) is 2. The normalized spacial score (nSPS) is 17.4. The molecule has 0 atom stereocenters. The standard InChI is InChI=1S/C23H28F3N5O5/c1-13(2)12-30-20-14(3-6-17(32)29-9-7-16(8-10-29)36-23(24,25)26)11-27-31(20)22(35)18(21(30)34)19(33)28-15-4-5-15/h3,6,11,13,15-16H,4-5,7-10,12H2,1-2H3,(H2,28,33,34,35)/p+1/b6-3+. The van der Waals surface area contributed by atoms with Gasteiger partial charge in [0.1, 0.15) is 0 Å². The number of fused-ring (bicyclic) bond motifs is 1. The number of carbonyl (C=O) groups excluding carboxylic acids is 2. The third-order valence-electron chi connectivity index (χ3n) is 6.12. The van der Waals surface area contributed by atoms with Crippen molar-refractivity contribution in [1.29, 1.82) is 0 Å². The molecule has 1 saturated carbocycles. The molecule has 0 aromatic carbocycles. The van der Waals surface area contributed by atoms with Crippen molar-refractivity contribution in [1.82, 2.24) is 19.8 Å². The quantitative estimate of drug-likeness (QED) is 0.386. The molecule has 10 nitrogen and oxygen atoms in total. The Morgan fingerprint density at radius 2 is 1.94 bits per heavy atom. The molecule has 13 heteroatoms. The van der Waals surface area contributed by atoms with Crippen LogP contribution in [0.3, 0.4) is 0 Å². The Morgan fingerprint density at radius 1 is 1.28 bits per heavy atom. The van der Waals surface area contributed by atoms with Crippen LogP contribution < -0.4 is 15.4 Å². The summed E-state index contributed by atoms with van der Waals surface area (Å²) in [6.07, 6.45) is 0.284. The van der Waals surface area contributed by atoms with Crippen molar-refractivity contribution in [3.8, 4) is 5.88 Å². The number of amides is 2. The third-order valence-corrected chi connectivity index (χ3v) is 6.12. The molecule has 0 unspecified atom stereocenters. The molecule has 0 radical (unpaired) electrons. The minimum absolute atomic E-state index is 0.00575. The van der Waals surface area contributed by atoms with Crippen molar-refractivity contribution < 1.29 is 37.2 Å². The minimum atomic E-state index is -4.71. The highest BCUT2D eigenvalue weighted by atomic mass is 19.4. The van der Waals surface area contributed by atoms with Crippen LogP contribution in [-0.4, -0.2) is 63.0 Å². The van der Waals surface area contributed by atoms with Crippen LogP contribution in [0.15, 0.2) is 17.1 Å². The number of H-pyrrole nitrogens is 1. The molecule has 3 N–H and O–H groups in total. The van der Waals surface area contributed by atoms with Gasteiger partial charge in [0, 0.05) is 25.2 Å². The highest BCUT2D eigenvalue weighted by Gasteiger charge is 2.36. The molecule has 196 valence electrons. The van der Waals surface area contributed by atoms with Crippen molar-refractivity contribution in [2.75, 3.05) is 13.1 Å². The Balaban J connectivity index is 1.59. The molecule has 0 spiro atoms. The van der Waals surface area contributed by atoms with Gasteiger partial charge in [-0.05, 0) is 37.7 Å². The number of hydrogen-bond acceptors (Lipinski definition) is 5. The number of nitrogens with zero attached hydrogens (tertiary/aromatic N) is 3. The summed E-state index contributed by atoms with van der Waals surface area (Å²) in [6, 6.07) is -0.00575. The van der Waals surface area contributed by atoms with E-state index in [1.807, 2.05) is 13.8 Å². The van der Waals surface area contributed by atoms with Gasteiger partial charge in [0.25, 0.3) is 5.91 Å². The average Bonchev–Trinajstić information content (AvgIpc) is 3.49. The first-order chi connectivity index (χ1) is 16.9. The Hall–Kier alpha value is -3.35. The lowest BCUT2D eigenvalue weighted by atomic mass is 10.1. The molecule has 36 heavy (non-hydrogen) atoms. The van der Waals surface area contributed by atoms with Crippen LogP contribution in [0, 0.1) is 5.92 Å². The molecular formula is C23H29F3N5O5+. The lowest BCUT2D eigenvalue weighted by Gasteiger charge is -2.31. The number of aromatic amines is 1. The van der Waals surface area contributed by atoms with Gasteiger partial charge >= 0.3 is 23.4 Å². The zero-order chi connectivity index (χ0) is 26.2. The number of aromatic nitrogens is 3. The molecule has 2 amide bonds. The van der Waals surface area contributed by atoms with Crippen LogP contribution in [0.2, 0.25) is 0 Å². The molecule has 1 saturated heterocycles. The summed E-state index contributed by atoms with van der Waals surface area (Å²) in [5, 5.41) is 16.4. The minimum Gasteiger partial charge on any atom is -0.477 e. The number of piperidine rings is 1. The van der Waals surface area contributed by atoms with Crippen molar-refractivity contribution in [2.24, 2.45) is 5.92 Å². The van der Waals surface area contributed by atoms with Gasteiger partial charge in [-0.2, -0.15) is 4.57 Å². The van der Waals surface area contributed by atoms with Crippen molar-refractivity contribution in [3.05, 3.63) is 33.8 Å². The SMILES string of the molecule is CC(C)C[n+]1c(O)c(C(=O)NC2CC2)c(=O)n2[nH]cc(/C=C/C(=O)N3CCC(OC(F)(F)F)CC3)c21. The maximum absolute atomic E-state index is 13.1. The smallest absolute Gasteiger partial charge is 0.477 e. The Morgan fingerprint density at radius 3 is 2.53 bits per heavy atom. The largest absolute Gasteiger partial charge is 0.522 e. The number of rotatable bonds is 7. The van der Waals surface area contributed by atoms with E-state index in [1.165, 1.54) is 27.8 Å². The second kappa shape index (κ2) is 9.96. The lowest BCUT2D eigenvalue weighted by molar-refractivity contribution is -0.686. The van der Waals surface area contributed by atoms with Crippen molar-refractivity contribution >= 4 is 23.5 Å². The molecular weight excluding hydrogens is 483 g/mol. The average molecular weight is 513 g/mol. The van der Waals surface area contributed by atoms with Crippen molar-refractivity contribution in [2.45, 2.75) is 64.6 Å². The summed E-state index contributed by atoms with van der Waals surface area (Å²) in [6.45, 7) is 4.35. The predicted molar refractivity (Wildman–Crippen MR) is 121 cm³/mol. The first-order valence-electron chi connectivity index (χ1n) is 11.9. The summed E-state index contributed by atoms with van der Waals surface area (Å²) in [5.74, 6) is -1.46. The topological polar surface area (TPSA) is 120 Å². The van der Waals surface area contributed by atoms with E-state index in [1.54, 1.807) is 0 Å². The van der Waals surface area contributed by atoms with E-state index >= 15 is 0 Å². The summed E-state index contributed by atoms with van der Waals surface area (Å²) in [4.78, 5) is 39.8. The van der Waals surface area contributed by atoms with E-state index in [9.17, 15) is 32.7 Å². The van der Waals surface area contributed by atoms with E-state index in [2.05, 4.69) is 15.2 Å². The van der Waals surface area contributed by atoms with Crippen LogP contribution in [0.5, 0.6) is 5.88 Å². The van der Waals surface area contributed by atoms with Gasteiger partial charge in [-0.1, -0.05) is 18.4 Å². The number of alkyl halides is 3. The van der Waals surface area contributed by atoms with Crippen LogP contribution in [0.1, 0.15) is 55.5 Å². The highest BCUT2D eigenvalue weighted by Crippen LogP contribution is 2.25. The molecule has 0 bridgehead atoms. The van der Waals surface area contributed by atoms with Crippen molar-refractivity contribution in [3.63, 3.8) is 0 Å². The number of aromatic hydroxyl groups is 1. The maximum atomic E-state index is 13.1. The number of ether oxygens (including phenoxy) is 1. The molecule has 2 aliphatic rings. The Bertz CT molecular complexity index is 1240. The first kappa shape index (κ1) is 25.7. The van der Waals surface area contributed by atoms with Crippen LogP contribution in [-0.2, 0) is 16.1 Å².